The van der Waals surface area contributed by atoms with Crippen molar-refractivity contribution in [1.82, 2.24) is 0 Å². The van der Waals surface area contributed by atoms with E-state index in [0.717, 1.165) is 37.2 Å². The molecule has 1 aliphatic rings. The smallest absolute Gasteiger partial charge is 0.106 e. The van der Waals surface area contributed by atoms with Crippen LogP contribution in [0.15, 0.2) is 18.2 Å². The number of nitrogens with zero attached hydrogens (tertiary/aromatic N) is 1. The molecule has 2 rings (SSSR count). The molecule has 1 saturated heterocycles. The highest BCUT2D eigenvalue weighted by Crippen LogP contribution is 2.28. The number of benzene rings is 1. The van der Waals surface area contributed by atoms with E-state index in [-0.39, 0.29) is 12.7 Å². The summed E-state index contributed by atoms with van der Waals surface area (Å²) >= 11 is 11.2. The van der Waals surface area contributed by atoms with Gasteiger partial charge in [0.1, 0.15) is 4.99 Å². The number of thiocarbonyl (C=S) groups is 1. The standard InChI is InChI=1S/C14H19ClN2O2S/c15-10-1-2-12(14(16)20)13(9-10)17-5-3-11(4-6-17)19-8-7-18/h1-2,9,11,18H,3-8H2,(H2,16,20). The minimum absolute atomic E-state index is 0.0695. The highest BCUT2D eigenvalue weighted by molar-refractivity contribution is 7.80. The first-order valence-corrected chi connectivity index (χ1v) is 7.47. The van der Waals surface area contributed by atoms with Crippen molar-refractivity contribution in [3.8, 4) is 0 Å². The van der Waals surface area contributed by atoms with Crippen LogP contribution >= 0.6 is 23.8 Å². The number of hydrogen-bond acceptors (Lipinski definition) is 4. The molecule has 4 nitrogen and oxygen atoms in total. The lowest BCUT2D eigenvalue weighted by atomic mass is 10.0. The highest BCUT2D eigenvalue weighted by Gasteiger charge is 2.22. The first kappa shape index (κ1) is 15.5. The number of aliphatic hydroxyl groups is 1. The molecule has 1 aliphatic heterocycles. The predicted molar refractivity (Wildman–Crippen MR) is 85.6 cm³/mol. The SMILES string of the molecule is NC(=S)c1ccc(Cl)cc1N1CCC(OCCO)CC1. The maximum absolute atomic E-state index is 8.78. The molecule has 0 amide bonds. The summed E-state index contributed by atoms with van der Waals surface area (Å²) in [7, 11) is 0. The topological polar surface area (TPSA) is 58.7 Å². The molecule has 110 valence electrons. The van der Waals surface area contributed by atoms with Crippen LogP contribution in [0.25, 0.3) is 0 Å². The largest absolute Gasteiger partial charge is 0.394 e. The molecule has 0 aromatic heterocycles. The van der Waals surface area contributed by atoms with Crippen LogP contribution in [0, 0.1) is 0 Å². The maximum Gasteiger partial charge on any atom is 0.106 e. The molecule has 1 aromatic carbocycles. The van der Waals surface area contributed by atoms with Gasteiger partial charge >= 0.3 is 0 Å². The molecule has 1 heterocycles. The Hall–Kier alpha value is -0.880. The van der Waals surface area contributed by atoms with Crippen LogP contribution < -0.4 is 10.6 Å². The van der Waals surface area contributed by atoms with E-state index in [4.69, 9.17) is 39.4 Å². The third-order valence-corrected chi connectivity index (χ3v) is 3.91. The van der Waals surface area contributed by atoms with Crippen molar-refractivity contribution in [3.63, 3.8) is 0 Å². The number of ether oxygens (including phenoxy) is 1. The average molecular weight is 315 g/mol. The second kappa shape index (κ2) is 7.22. The van der Waals surface area contributed by atoms with Gasteiger partial charge in [0.15, 0.2) is 0 Å². The molecular weight excluding hydrogens is 296 g/mol. The Morgan fingerprint density at radius 1 is 1.45 bits per heavy atom. The quantitative estimate of drug-likeness (QED) is 0.814. The lowest BCUT2D eigenvalue weighted by Gasteiger charge is -2.34. The van der Waals surface area contributed by atoms with Crippen molar-refractivity contribution in [1.29, 1.82) is 0 Å². The van der Waals surface area contributed by atoms with E-state index in [2.05, 4.69) is 4.90 Å². The molecular formula is C14H19ClN2O2S. The fraction of sp³-hybridized carbons (Fsp3) is 0.500. The summed E-state index contributed by atoms with van der Waals surface area (Å²) in [5, 5.41) is 9.46. The predicted octanol–water partition coefficient (Wildman–Crippen LogP) is 1.95. The molecule has 0 unspecified atom stereocenters. The molecule has 1 fully saturated rings. The van der Waals surface area contributed by atoms with Gasteiger partial charge < -0.3 is 20.5 Å². The Bertz CT molecular complexity index is 476. The maximum atomic E-state index is 8.78. The van der Waals surface area contributed by atoms with E-state index in [1.165, 1.54) is 0 Å². The lowest BCUT2D eigenvalue weighted by molar-refractivity contribution is 0.0159. The van der Waals surface area contributed by atoms with Crippen LogP contribution in [-0.2, 0) is 4.74 Å². The first-order chi connectivity index (χ1) is 9.61. The number of rotatable bonds is 5. The minimum atomic E-state index is 0.0695. The van der Waals surface area contributed by atoms with Gasteiger partial charge in [-0.25, -0.2) is 0 Å². The van der Waals surface area contributed by atoms with Gasteiger partial charge in [0.25, 0.3) is 0 Å². The summed E-state index contributed by atoms with van der Waals surface area (Å²) in [5.74, 6) is 0. The Labute approximate surface area is 129 Å². The Balaban J connectivity index is 2.06. The van der Waals surface area contributed by atoms with Crippen molar-refractivity contribution >= 4 is 34.5 Å². The summed E-state index contributed by atoms with van der Waals surface area (Å²) < 4.78 is 5.56. The lowest BCUT2D eigenvalue weighted by Crippen LogP contribution is -2.38. The normalized spacial score (nSPS) is 16.4. The van der Waals surface area contributed by atoms with Crippen LogP contribution in [0.2, 0.25) is 5.02 Å². The number of nitrogens with two attached hydrogens (primary N) is 1. The van der Waals surface area contributed by atoms with E-state index >= 15 is 0 Å². The highest BCUT2D eigenvalue weighted by atomic mass is 35.5. The third kappa shape index (κ3) is 3.82. The van der Waals surface area contributed by atoms with Crippen LogP contribution in [0.1, 0.15) is 18.4 Å². The molecule has 6 heteroatoms. The molecule has 20 heavy (non-hydrogen) atoms. The van der Waals surface area contributed by atoms with Crippen LogP contribution in [-0.4, -0.2) is 42.5 Å². The van der Waals surface area contributed by atoms with E-state index in [1.54, 1.807) is 6.07 Å². The van der Waals surface area contributed by atoms with Crippen molar-refractivity contribution in [2.24, 2.45) is 5.73 Å². The van der Waals surface area contributed by atoms with Gasteiger partial charge in [-0.05, 0) is 31.0 Å². The van der Waals surface area contributed by atoms with E-state index in [0.29, 0.717) is 16.6 Å². The number of halogens is 1. The van der Waals surface area contributed by atoms with E-state index < -0.39 is 0 Å². The molecule has 0 atom stereocenters. The molecule has 0 spiro atoms. The van der Waals surface area contributed by atoms with Crippen LogP contribution in [0.4, 0.5) is 5.69 Å². The van der Waals surface area contributed by atoms with Crippen molar-refractivity contribution < 1.29 is 9.84 Å². The second-order valence-corrected chi connectivity index (χ2v) is 5.68. The average Bonchev–Trinajstić information content (AvgIpc) is 2.45. The first-order valence-electron chi connectivity index (χ1n) is 6.68. The van der Waals surface area contributed by atoms with Gasteiger partial charge in [0.05, 0.1) is 19.3 Å². The van der Waals surface area contributed by atoms with E-state index in [1.807, 2.05) is 12.1 Å². The molecule has 0 saturated carbocycles. The van der Waals surface area contributed by atoms with Crippen molar-refractivity contribution in [2.45, 2.75) is 18.9 Å². The van der Waals surface area contributed by atoms with Gasteiger partial charge in [-0.1, -0.05) is 23.8 Å². The van der Waals surface area contributed by atoms with Gasteiger partial charge in [-0.2, -0.15) is 0 Å². The third-order valence-electron chi connectivity index (χ3n) is 3.45. The zero-order chi connectivity index (χ0) is 14.5. The number of hydrogen-bond donors (Lipinski definition) is 2. The van der Waals surface area contributed by atoms with Crippen molar-refractivity contribution in [2.75, 3.05) is 31.2 Å². The van der Waals surface area contributed by atoms with E-state index in [9.17, 15) is 0 Å². The Morgan fingerprint density at radius 3 is 2.75 bits per heavy atom. The molecule has 3 N–H and O–H groups in total. The van der Waals surface area contributed by atoms with Crippen LogP contribution in [0.3, 0.4) is 0 Å². The van der Waals surface area contributed by atoms with Crippen LogP contribution in [0.5, 0.6) is 0 Å². The monoisotopic (exact) mass is 314 g/mol. The summed E-state index contributed by atoms with van der Waals surface area (Å²) in [4.78, 5) is 2.62. The van der Waals surface area contributed by atoms with Gasteiger partial charge in [0.2, 0.25) is 0 Å². The summed E-state index contributed by atoms with van der Waals surface area (Å²) in [6.07, 6.45) is 2.05. The number of aliphatic hydroxyl groups excluding tert-OH is 1. The second-order valence-electron chi connectivity index (χ2n) is 4.81. The summed E-state index contributed by atoms with van der Waals surface area (Å²) in [5.41, 5.74) is 7.63. The zero-order valence-electron chi connectivity index (χ0n) is 11.2. The van der Waals surface area contributed by atoms with Gasteiger partial charge in [0, 0.05) is 29.4 Å². The molecule has 0 radical (unpaired) electrons. The fourth-order valence-corrected chi connectivity index (χ4v) is 2.80. The number of piperidine rings is 1. The zero-order valence-corrected chi connectivity index (χ0v) is 12.8. The fourth-order valence-electron chi connectivity index (χ4n) is 2.46. The van der Waals surface area contributed by atoms with Gasteiger partial charge in [-0.3, -0.25) is 0 Å². The molecule has 0 bridgehead atoms. The Kier molecular flexibility index (Phi) is 5.60. The minimum Gasteiger partial charge on any atom is -0.394 e. The summed E-state index contributed by atoms with van der Waals surface area (Å²) in [6, 6.07) is 5.58. The molecule has 1 aromatic rings. The number of anilines is 1. The Morgan fingerprint density at radius 2 is 2.15 bits per heavy atom. The summed E-state index contributed by atoms with van der Waals surface area (Å²) in [6.45, 7) is 2.21. The van der Waals surface area contributed by atoms with Crippen molar-refractivity contribution in [3.05, 3.63) is 28.8 Å². The van der Waals surface area contributed by atoms with Gasteiger partial charge in [-0.15, -0.1) is 0 Å². The molecule has 0 aliphatic carbocycles.